The van der Waals surface area contributed by atoms with Crippen molar-refractivity contribution in [1.29, 1.82) is 0 Å². The van der Waals surface area contributed by atoms with Crippen LogP contribution >= 0.6 is 0 Å². The summed E-state index contributed by atoms with van der Waals surface area (Å²) in [4.78, 5) is 47.5. The van der Waals surface area contributed by atoms with Crippen LogP contribution in [-0.2, 0) is 14.3 Å². The number of benzene rings is 2. The third kappa shape index (κ3) is 4.06. The monoisotopic (exact) mass is 385 g/mol. The van der Waals surface area contributed by atoms with Gasteiger partial charge in [-0.05, 0) is 24.3 Å². The first-order chi connectivity index (χ1) is 13.4. The van der Waals surface area contributed by atoms with Gasteiger partial charge in [0.1, 0.15) is 6.54 Å². The van der Waals surface area contributed by atoms with E-state index < -0.39 is 22.8 Å². The van der Waals surface area contributed by atoms with Crippen molar-refractivity contribution in [2.75, 3.05) is 30.4 Å². The van der Waals surface area contributed by atoms with Gasteiger partial charge in [-0.1, -0.05) is 6.07 Å². The smallest absolute Gasteiger partial charge is 0.337 e. The van der Waals surface area contributed by atoms with Gasteiger partial charge < -0.3 is 19.7 Å². The van der Waals surface area contributed by atoms with Crippen molar-refractivity contribution in [2.24, 2.45) is 0 Å². The molecule has 0 bridgehead atoms. The lowest BCUT2D eigenvalue weighted by Gasteiger charge is -2.28. The summed E-state index contributed by atoms with van der Waals surface area (Å²) < 4.78 is 9.67. The molecule has 0 saturated heterocycles. The summed E-state index contributed by atoms with van der Waals surface area (Å²) in [6, 6.07) is 10.0. The van der Waals surface area contributed by atoms with Crippen molar-refractivity contribution in [2.45, 2.75) is 0 Å². The number of hydrogen-bond donors (Lipinski definition) is 1. The average Bonchev–Trinajstić information content (AvgIpc) is 2.66. The molecule has 144 valence electrons. The number of carbonyl (C=O) groups is 3. The van der Waals surface area contributed by atoms with E-state index in [4.69, 9.17) is 4.74 Å². The van der Waals surface area contributed by atoms with E-state index in [9.17, 15) is 24.5 Å². The number of nitro benzene ring substituents is 1. The lowest BCUT2D eigenvalue weighted by molar-refractivity contribution is -0.384. The van der Waals surface area contributed by atoms with Gasteiger partial charge in [0.25, 0.3) is 5.69 Å². The van der Waals surface area contributed by atoms with Crippen molar-refractivity contribution in [1.82, 2.24) is 0 Å². The number of amides is 1. The Bertz CT molecular complexity index is 973. The normalized spacial score (nSPS) is 12.6. The van der Waals surface area contributed by atoms with Crippen LogP contribution in [0.1, 0.15) is 10.4 Å². The van der Waals surface area contributed by atoms with Crippen molar-refractivity contribution in [3.8, 4) is 5.75 Å². The fourth-order valence-corrected chi connectivity index (χ4v) is 2.71. The highest BCUT2D eigenvalue weighted by molar-refractivity contribution is 5.98. The molecule has 28 heavy (non-hydrogen) atoms. The Labute approximate surface area is 158 Å². The number of methoxy groups -OCH3 is 1. The minimum absolute atomic E-state index is 0.0194. The van der Waals surface area contributed by atoms with Gasteiger partial charge in [-0.25, -0.2) is 9.59 Å². The first-order valence-electron chi connectivity index (χ1n) is 8.09. The number of ether oxygens (including phenoxy) is 2. The molecule has 0 atom stereocenters. The maximum Gasteiger partial charge on any atom is 0.337 e. The Kier molecular flexibility index (Phi) is 5.21. The molecule has 10 heteroatoms. The quantitative estimate of drug-likeness (QED) is 0.357. The molecule has 10 nitrogen and oxygen atoms in total. The molecular formula is C18H15N3O7. The molecule has 0 aromatic heterocycles. The van der Waals surface area contributed by atoms with Gasteiger partial charge in [0.05, 0.1) is 35.9 Å². The number of fused-ring (bicyclic) bond motifs is 1. The van der Waals surface area contributed by atoms with Gasteiger partial charge in [0.15, 0.2) is 5.75 Å². The van der Waals surface area contributed by atoms with Crippen LogP contribution in [0.15, 0.2) is 42.5 Å². The van der Waals surface area contributed by atoms with Gasteiger partial charge in [-0.15, -0.1) is 0 Å². The highest BCUT2D eigenvalue weighted by atomic mass is 16.6. The Balaban J connectivity index is 1.75. The van der Waals surface area contributed by atoms with E-state index in [0.29, 0.717) is 11.4 Å². The highest BCUT2D eigenvalue weighted by Crippen LogP contribution is 2.35. The fraction of sp³-hybridized carbons (Fsp3) is 0.167. The van der Waals surface area contributed by atoms with Gasteiger partial charge in [0.2, 0.25) is 5.91 Å². The van der Waals surface area contributed by atoms with Crippen LogP contribution in [0.2, 0.25) is 0 Å². The van der Waals surface area contributed by atoms with Gasteiger partial charge >= 0.3 is 11.9 Å². The van der Waals surface area contributed by atoms with Gasteiger partial charge in [0, 0.05) is 11.8 Å². The number of hydrogen-bond acceptors (Lipinski definition) is 8. The van der Waals surface area contributed by atoms with Crippen molar-refractivity contribution >= 4 is 34.9 Å². The number of carbonyl (C=O) groups excluding carboxylic acids is 3. The van der Waals surface area contributed by atoms with Crippen molar-refractivity contribution < 1.29 is 28.8 Å². The molecule has 0 spiro atoms. The third-order valence-corrected chi connectivity index (χ3v) is 3.94. The van der Waals surface area contributed by atoms with E-state index in [-0.39, 0.29) is 30.1 Å². The molecule has 1 aliphatic rings. The molecule has 1 heterocycles. The van der Waals surface area contributed by atoms with Gasteiger partial charge in [-0.2, -0.15) is 0 Å². The number of nitrogens with one attached hydrogen (secondary N) is 1. The van der Waals surface area contributed by atoms with Crippen LogP contribution in [-0.4, -0.2) is 43.0 Å². The zero-order valence-corrected chi connectivity index (χ0v) is 14.7. The standard InChI is InChI=1S/C18H15N3O7/c1-27-18(24)11-3-2-4-12(7-11)19-16(22)9-20-10-17(23)28-15-8-13(21(25)26)5-6-14(15)20/h2-8H,9-10H2,1H3,(H,19,22). The molecule has 0 aliphatic carbocycles. The average molecular weight is 385 g/mol. The maximum absolute atomic E-state index is 12.4. The largest absolute Gasteiger partial charge is 0.465 e. The lowest BCUT2D eigenvalue weighted by Crippen LogP contribution is -2.41. The molecule has 1 N–H and O–H groups in total. The molecule has 2 aromatic carbocycles. The van der Waals surface area contributed by atoms with Crippen LogP contribution in [0.25, 0.3) is 0 Å². The number of rotatable bonds is 5. The Morgan fingerprint density at radius 1 is 1.29 bits per heavy atom. The van der Waals surface area contributed by atoms with E-state index >= 15 is 0 Å². The van der Waals surface area contributed by atoms with E-state index in [1.165, 1.54) is 30.2 Å². The lowest BCUT2D eigenvalue weighted by atomic mass is 10.2. The summed E-state index contributed by atoms with van der Waals surface area (Å²) in [6.45, 7) is -0.372. The summed E-state index contributed by atoms with van der Waals surface area (Å²) in [5.41, 5.74) is 0.831. The Hall–Kier alpha value is -3.95. The molecule has 0 saturated carbocycles. The molecule has 0 radical (unpaired) electrons. The van der Waals surface area contributed by atoms with E-state index in [1.807, 2.05) is 0 Å². The number of nitrogens with zero attached hydrogens (tertiary/aromatic N) is 2. The summed E-state index contributed by atoms with van der Waals surface area (Å²) >= 11 is 0. The predicted molar refractivity (Wildman–Crippen MR) is 97.4 cm³/mol. The summed E-state index contributed by atoms with van der Waals surface area (Å²) in [5.74, 6) is -1.59. The zero-order valence-electron chi connectivity index (χ0n) is 14.7. The van der Waals surface area contributed by atoms with Crippen LogP contribution < -0.4 is 15.0 Å². The number of anilines is 2. The molecule has 0 fully saturated rings. The fourth-order valence-electron chi connectivity index (χ4n) is 2.71. The van der Waals surface area contributed by atoms with Crippen LogP contribution in [0.5, 0.6) is 5.75 Å². The first-order valence-corrected chi connectivity index (χ1v) is 8.09. The maximum atomic E-state index is 12.4. The minimum Gasteiger partial charge on any atom is -0.465 e. The van der Waals surface area contributed by atoms with Gasteiger partial charge in [-0.3, -0.25) is 14.9 Å². The highest BCUT2D eigenvalue weighted by Gasteiger charge is 2.27. The minimum atomic E-state index is -0.631. The molecular weight excluding hydrogens is 370 g/mol. The number of esters is 2. The second-order valence-electron chi connectivity index (χ2n) is 5.86. The van der Waals surface area contributed by atoms with Crippen molar-refractivity contribution in [3.63, 3.8) is 0 Å². The SMILES string of the molecule is COC(=O)c1cccc(NC(=O)CN2CC(=O)Oc3cc([N+](=O)[O-])ccc32)c1. The van der Waals surface area contributed by atoms with E-state index in [1.54, 1.807) is 18.2 Å². The summed E-state index contributed by atoms with van der Waals surface area (Å²) in [7, 11) is 1.25. The molecule has 0 unspecified atom stereocenters. The van der Waals surface area contributed by atoms with Crippen LogP contribution in [0.4, 0.5) is 17.1 Å². The Morgan fingerprint density at radius 2 is 2.07 bits per heavy atom. The van der Waals surface area contributed by atoms with Crippen LogP contribution in [0.3, 0.4) is 0 Å². The second-order valence-corrected chi connectivity index (χ2v) is 5.86. The predicted octanol–water partition coefficient (Wildman–Crippen LogP) is 1.75. The topological polar surface area (TPSA) is 128 Å². The first kappa shape index (κ1) is 18.8. The summed E-state index contributed by atoms with van der Waals surface area (Å²) in [6.07, 6.45) is 0. The molecule has 3 rings (SSSR count). The van der Waals surface area contributed by atoms with Crippen molar-refractivity contribution in [3.05, 3.63) is 58.1 Å². The number of nitro groups is 1. The molecule has 1 amide bonds. The summed E-state index contributed by atoms with van der Waals surface area (Å²) in [5, 5.41) is 13.5. The number of non-ortho nitro benzene ring substituents is 1. The third-order valence-electron chi connectivity index (χ3n) is 3.94. The van der Waals surface area contributed by atoms with E-state index in [2.05, 4.69) is 10.1 Å². The second kappa shape index (κ2) is 7.74. The Morgan fingerprint density at radius 3 is 2.79 bits per heavy atom. The van der Waals surface area contributed by atoms with E-state index in [0.717, 1.165) is 6.07 Å². The molecule has 1 aliphatic heterocycles. The molecule has 2 aromatic rings. The van der Waals surface area contributed by atoms with Crippen LogP contribution in [0, 0.1) is 10.1 Å². The zero-order chi connectivity index (χ0) is 20.3.